The lowest BCUT2D eigenvalue weighted by Gasteiger charge is -2.15. The molecule has 2 rings (SSSR count). The number of halogens is 1. The lowest BCUT2D eigenvalue weighted by atomic mass is 10.1. The second-order valence-corrected chi connectivity index (χ2v) is 6.43. The van der Waals surface area contributed by atoms with E-state index in [0.29, 0.717) is 34.7 Å². The molecule has 6 heteroatoms. The van der Waals surface area contributed by atoms with Gasteiger partial charge in [0, 0.05) is 0 Å². The smallest absolute Gasteiger partial charge is 0.259 e. The molecule has 26 heavy (non-hydrogen) atoms. The van der Waals surface area contributed by atoms with Crippen LogP contribution in [0.5, 0.6) is 11.5 Å². The van der Waals surface area contributed by atoms with Crippen molar-refractivity contribution in [3.05, 3.63) is 63.1 Å². The van der Waals surface area contributed by atoms with Crippen molar-refractivity contribution >= 4 is 27.9 Å². The Morgan fingerprint density at radius 2 is 1.96 bits per heavy atom. The molecule has 0 heterocycles. The Morgan fingerprint density at radius 1 is 1.27 bits per heavy atom. The molecule has 0 radical (unpaired) electrons. The van der Waals surface area contributed by atoms with Gasteiger partial charge < -0.3 is 15.2 Å². The van der Waals surface area contributed by atoms with Crippen LogP contribution in [0.15, 0.2) is 46.4 Å². The van der Waals surface area contributed by atoms with Crippen molar-refractivity contribution in [1.82, 2.24) is 0 Å². The van der Waals surface area contributed by atoms with Crippen LogP contribution in [0.4, 0.5) is 0 Å². The molecule has 0 aromatic heterocycles. The zero-order valence-electron chi connectivity index (χ0n) is 14.6. The van der Waals surface area contributed by atoms with E-state index in [0.717, 1.165) is 5.56 Å². The minimum Gasteiger partial charge on any atom is -0.490 e. The average molecular weight is 415 g/mol. The Kier molecular flexibility index (Phi) is 6.81. The molecule has 0 saturated heterocycles. The van der Waals surface area contributed by atoms with Crippen LogP contribution in [0.2, 0.25) is 0 Å². The zero-order valence-corrected chi connectivity index (χ0v) is 16.2. The van der Waals surface area contributed by atoms with Gasteiger partial charge in [-0.1, -0.05) is 29.8 Å². The van der Waals surface area contributed by atoms with Gasteiger partial charge in [0.2, 0.25) is 0 Å². The van der Waals surface area contributed by atoms with E-state index < -0.39 is 5.91 Å². The molecule has 0 fully saturated rings. The fourth-order valence-electron chi connectivity index (χ4n) is 2.24. The number of nitriles is 1. The highest BCUT2D eigenvalue weighted by Gasteiger charge is 2.13. The van der Waals surface area contributed by atoms with Crippen LogP contribution in [0.1, 0.15) is 23.6 Å². The minimum atomic E-state index is -0.777. The maximum atomic E-state index is 11.2. The second-order valence-electron chi connectivity index (χ2n) is 5.57. The summed E-state index contributed by atoms with van der Waals surface area (Å²) in [4.78, 5) is 11.2. The van der Waals surface area contributed by atoms with Crippen LogP contribution in [-0.2, 0) is 11.4 Å². The fraction of sp³-hybridized carbons (Fsp3) is 0.200. The van der Waals surface area contributed by atoms with Crippen molar-refractivity contribution < 1.29 is 14.3 Å². The van der Waals surface area contributed by atoms with E-state index in [4.69, 9.17) is 20.5 Å². The van der Waals surface area contributed by atoms with Crippen LogP contribution in [-0.4, -0.2) is 12.5 Å². The molecule has 0 bridgehead atoms. The summed E-state index contributed by atoms with van der Waals surface area (Å²) in [5.41, 5.74) is 7.88. The van der Waals surface area contributed by atoms with Crippen LogP contribution < -0.4 is 15.2 Å². The van der Waals surface area contributed by atoms with Crippen molar-refractivity contribution in [2.45, 2.75) is 20.5 Å². The van der Waals surface area contributed by atoms with Crippen molar-refractivity contribution in [3.8, 4) is 17.6 Å². The molecular weight excluding hydrogens is 396 g/mol. The van der Waals surface area contributed by atoms with E-state index in [1.165, 1.54) is 11.6 Å². The number of benzene rings is 2. The highest BCUT2D eigenvalue weighted by atomic mass is 79.9. The molecule has 5 nitrogen and oxygen atoms in total. The van der Waals surface area contributed by atoms with E-state index in [9.17, 15) is 4.79 Å². The van der Waals surface area contributed by atoms with Gasteiger partial charge in [-0.2, -0.15) is 5.26 Å². The summed E-state index contributed by atoms with van der Waals surface area (Å²) in [6, 6.07) is 13.3. The average Bonchev–Trinajstić information content (AvgIpc) is 2.60. The summed E-state index contributed by atoms with van der Waals surface area (Å²) in [5, 5.41) is 9.00. The van der Waals surface area contributed by atoms with E-state index >= 15 is 0 Å². The second kappa shape index (κ2) is 9.07. The number of aryl methyl sites for hydroxylation is 1. The van der Waals surface area contributed by atoms with Gasteiger partial charge in [-0.15, -0.1) is 0 Å². The third-order valence-electron chi connectivity index (χ3n) is 3.53. The molecule has 0 aliphatic rings. The molecule has 0 aliphatic carbocycles. The third kappa shape index (κ3) is 5.11. The van der Waals surface area contributed by atoms with Crippen molar-refractivity contribution in [3.63, 3.8) is 0 Å². The fourth-order valence-corrected chi connectivity index (χ4v) is 2.81. The number of nitrogens with two attached hydrogens (primary N) is 1. The van der Waals surface area contributed by atoms with Gasteiger partial charge in [-0.05, 0) is 59.1 Å². The largest absolute Gasteiger partial charge is 0.490 e. The number of carbonyl (C=O) groups excluding carboxylic acids is 1. The number of primary amides is 1. The number of rotatable bonds is 7. The Hall–Kier alpha value is -2.78. The molecular formula is C20H19BrN2O3. The lowest BCUT2D eigenvalue weighted by Crippen LogP contribution is -2.12. The van der Waals surface area contributed by atoms with E-state index in [-0.39, 0.29) is 5.57 Å². The summed E-state index contributed by atoms with van der Waals surface area (Å²) < 4.78 is 12.2. The first kappa shape index (κ1) is 19.5. The molecule has 1 amide bonds. The number of ether oxygens (including phenoxy) is 2. The van der Waals surface area contributed by atoms with E-state index in [2.05, 4.69) is 15.9 Å². The molecule has 0 atom stereocenters. The summed E-state index contributed by atoms with van der Waals surface area (Å²) in [6.45, 7) is 4.73. The van der Waals surface area contributed by atoms with Gasteiger partial charge in [0.1, 0.15) is 18.2 Å². The van der Waals surface area contributed by atoms with Gasteiger partial charge in [-0.3, -0.25) is 4.79 Å². The molecule has 0 aliphatic heterocycles. The Morgan fingerprint density at radius 3 is 2.54 bits per heavy atom. The van der Waals surface area contributed by atoms with Crippen LogP contribution >= 0.6 is 15.9 Å². The van der Waals surface area contributed by atoms with Gasteiger partial charge in [-0.25, -0.2) is 0 Å². The molecule has 134 valence electrons. The highest BCUT2D eigenvalue weighted by Crippen LogP contribution is 2.38. The molecule has 0 spiro atoms. The Bertz CT molecular complexity index is 868. The maximum Gasteiger partial charge on any atom is 0.259 e. The molecule has 2 N–H and O–H groups in total. The van der Waals surface area contributed by atoms with Crippen LogP contribution in [0.25, 0.3) is 6.08 Å². The summed E-state index contributed by atoms with van der Waals surface area (Å²) in [6.07, 6.45) is 1.42. The van der Waals surface area contributed by atoms with Crippen LogP contribution in [0.3, 0.4) is 0 Å². The van der Waals surface area contributed by atoms with E-state index in [1.54, 1.807) is 18.2 Å². The van der Waals surface area contributed by atoms with E-state index in [1.807, 2.05) is 38.1 Å². The first-order valence-corrected chi connectivity index (χ1v) is 8.80. The Labute approximate surface area is 161 Å². The lowest BCUT2D eigenvalue weighted by molar-refractivity contribution is -0.114. The number of carbonyl (C=O) groups is 1. The highest BCUT2D eigenvalue weighted by molar-refractivity contribution is 9.10. The SMILES string of the molecule is CCOc1cc(/C=C(\C#N)C(N)=O)cc(Br)c1OCc1ccc(C)cc1. The number of nitrogens with zero attached hydrogens (tertiary/aromatic N) is 1. The topological polar surface area (TPSA) is 85.3 Å². The van der Waals surface area contributed by atoms with Gasteiger partial charge >= 0.3 is 0 Å². The maximum absolute atomic E-state index is 11.2. The summed E-state index contributed by atoms with van der Waals surface area (Å²) in [7, 11) is 0. The van der Waals surface area contributed by atoms with Crippen molar-refractivity contribution in [2.24, 2.45) is 5.73 Å². The molecule has 2 aromatic carbocycles. The van der Waals surface area contributed by atoms with Crippen molar-refractivity contribution in [2.75, 3.05) is 6.61 Å². The monoisotopic (exact) mass is 414 g/mol. The predicted molar refractivity (Wildman–Crippen MR) is 104 cm³/mol. The van der Waals surface area contributed by atoms with Gasteiger partial charge in [0.15, 0.2) is 11.5 Å². The first-order chi connectivity index (χ1) is 12.4. The molecule has 0 unspecified atom stereocenters. The quantitative estimate of drug-likeness (QED) is 0.545. The third-order valence-corrected chi connectivity index (χ3v) is 4.12. The standard InChI is InChI=1S/C20H19BrN2O3/c1-3-25-18-10-15(8-16(11-22)20(23)24)9-17(21)19(18)26-12-14-6-4-13(2)5-7-14/h4-10H,3,12H2,1-2H3,(H2,23,24)/b16-8+. The number of amides is 1. The number of hydrogen-bond acceptors (Lipinski definition) is 4. The Balaban J connectivity index is 2.32. The van der Waals surface area contributed by atoms with Gasteiger partial charge in [0.05, 0.1) is 11.1 Å². The van der Waals surface area contributed by atoms with Crippen LogP contribution in [0, 0.1) is 18.3 Å². The van der Waals surface area contributed by atoms with Crippen molar-refractivity contribution in [1.29, 1.82) is 5.26 Å². The summed E-state index contributed by atoms with van der Waals surface area (Å²) in [5.74, 6) is 0.297. The predicted octanol–water partition coefficient (Wildman–Crippen LogP) is 4.13. The summed E-state index contributed by atoms with van der Waals surface area (Å²) >= 11 is 3.47. The van der Waals surface area contributed by atoms with Gasteiger partial charge in [0.25, 0.3) is 5.91 Å². The number of hydrogen-bond donors (Lipinski definition) is 1. The molecule has 2 aromatic rings. The molecule has 0 saturated carbocycles. The first-order valence-electron chi connectivity index (χ1n) is 8.01. The normalized spacial score (nSPS) is 10.9. The minimum absolute atomic E-state index is 0.132. The zero-order chi connectivity index (χ0) is 19.1.